The number of hydrogen-bond donors (Lipinski definition) is 0. The highest BCUT2D eigenvalue weighted by Gasteiger charge is 2.29. The van der Waals surface area contributed by atoms with Crippen LogP contribution in [-0.4, -0.2) is 49.0 Å². The average molecular weight is 350 g/mol. The van der Waals surface area contributed by atoms with Crippen molar-refractivity contribution in [1.82, 2.24) is 9.88 Å². The first-order valence-electron chi connectivity index (χ1n) is 9.58. The van der Waals surface area contributed by atoms with Crippen LogP contribution < -0.4 is 9.80 Å². The van der Waals surface area contributed by atoms with Gasteiger partial charge >= 0.3 is 0 Å². The van der Waals surface area contributed by atoms with Crippen LogP contribution in [-0.2, 0) is 0 Å². The van der Waals surface area contributed by atoms with Gasteiger partial charge in [0.2, 0.25) is 0 Å². The van der Waals surface area contributed by atoms with Crippen molar-refractivity contribution in [3.05, 3.63) is 48.2 Å². The third-order valence-electron chi connectivity index (χ3n) is 5.42. The third kappa shape index (κ3) is 3.19. The first-order chi connectivity index (χ1) is 12.8. The Morgan fingerprint density at radius 2 is 1.73 bits per heavy atom. The topological polar surface area (TPSA) is 39.7 Å². The normalized spacial score (nSPS) is 17.7. The van der Waals surface area contributed by atoms with E-state index >= 15 is 0 Å². The Morgan fingerprint density at radius 1 is 0.962 bits per heavy atom. The predicted molar refractivity (Wildman–Crippen MR) is 105 cm³/mol. The molecule has 0 saturated carbocycles. The van der Waals surface area contributed by atoms with E-state index in [-0.39, 0.29) is 5.91 Å². The number of para-hydroxylation sites is 1. The van der Waals surface area contributed by atoms with E-state index in [4.69, 9.17) is 0 Å². The minimum absolute atomic E-state index is 0.0216. The molecule has 0 unspecified atom stereocenters. The Hall–Kier alpha value is -2.40. The van der Waals surface area contributed by atoms with Crippen LogP contribution in [0.1, 0.15) is 36.0 Å². The lowest BCUT2D eigenvalue weighted by Crippen LogP contribution is -2.32. The van der Waals surface area contributed by atoms with Crippen LogP contribution in [0.25, 0.3) is 0 Å². The van der Waals surface area contributed by atoms with Gasteiger partial charge < -0.3 is 14.7 Å². The number of benzene rings is 1. The van der Waals surface area contributed by atoms with E-state index in [1.54, 1.807) is 4.90 Å². The first kappa shape index (κ1) is 17.0. The van der Waals surface area contributed by atoms with Crippen molar-refractivity contribution in [3.63, 3.8) is 0 Å². The molecular formula is C21H26N4O. The zero-order valence-electron chi connectivity index (χ0n) is 15.4. The van der Waals surface area contributed by atoms with Gasteiger partial charge in [0.1, 0.15) is 0 Å². The Labute approximate surface area is 155 Å². The van der Waals surface area contributed by atoms with Crippen LogP contribution in [0.5, 0.6) is 0 Å². The molecule has 3 heterocycles. The monoisotopic (exact) mass is 350 g/mol. The van der Waals surface area contributed by atoms with E-state index in [1.165, 1.54) is 32.4 Å². The number of amides is 1. The third-order valence-corrected chi connectivity index (χ3v) is 5.42. The number of aromatic nitrogens is 1. The minimum Gasteiger partial charge on any atom is -0.324 e. The lowest BCUT2D eigenvalue weighted by molar-refractivity contribution is 0.0994. The van der Waals surface area contributed by atoms with Crippen molar-refractivity contribution in [1.29, 1.82) is 0 Å². The fourth-order valence-electron chi connectivity index (χ4n) is 4.01. The Morgan fingerprint density at radius 3 is 2.58 bits per heavy atom. The number of nitrogens with zero attached hydrogens (tertiary/aromatic N) is 4. The molecule has 136 valence electrons. The summed E-state index contributed by atoms with van der Waals surface area (Å²) in [6.07, 6.45) is 6.86. The average Bonchev–Trinajstić information content (AvgIpc) is 2.79. The smallest absolute Gasteiger partial charge is 0.260 e. The minimum atomic E-state index is 0.0216. The fraction of sp³-hybridized carbons (Fsp3) is 0.429. The molecule has 2 aliphatic heterocycles. The molecule has 0 bridgehead atoms. The molecular weight excluding hydrogens is 324 g/mol. The molecule has 0 N–H and O–H groups in total. The molecule has 5 nitrogen and oxygen atoms in total. The standard InChI is InChI=1S/C21H26N4O/c1-23-19-11-7-12-22-20(19)25(16-8-15-24-13-5-2-6-14-24)18-10-4-3-9-17(18)21(23)26/h3-4,7,9-12H,2,5-6,8,13-16H2,1H3. The number of piperidine rings is 1. The summed E-state index contributed by atoms with van der Waals surface area (Å²) >= 11 is 0. The second-order valence-electron chi connectivity index (χ2n) is 7.13. The van der Waals surface area contributed by atoms with Crippen LogP contribution in [0, 0.1) is 0 Å². The number of pyridine rings is 1. The highest BCUT2D eigenvalue weighted by atomic mass is 16.2. The van der Waals surface area contributed by atoms with Crippen molar-refractivity contribution >= 4 is 23.1 Å². The molecule has 0 atom stereocenters. The summed E-state index contributed by atoms with van der Waals surface area (Å²) in [7, 11) is 1.83. The van der Waals surface area contributed by atoms with Gasteiger partial charge in [-0.25, -0.2) is 4.98 Å². The maximum Gasteiger partial charge on any atom is 0.260 e. The molecule has 1 aromatic carbocycles. The highest BCUT2D eigenvalue weighted by Crippen LogP contribution is 2.38. The quantitative estimate of drug-likeness (QED) is 0.843. The Balaban J connectivity index is 1.63. The van der Waals surface area contributed by atoms with Gasteiger partial charge in [0.15, 0.2) is 5.82 Å². The van der Waals surface area contributed by atoms with Gasteiger partial charge in [0, 0.05) is 19.8 Å². The van der Waals surface area contributed by atoms with Crippen LogP contribution in [0.3, 0.4) is 0 Å². The lowest BCUT2D eigenvalue weighted by Gasteiger charge is -2.29. The largest absolute Gasteiger partial charge is 0.324 e. The second-order valence-corrected chi connectivity index (χ2v) is 7.13. The number of hydrogen-bond acceptors (Lipinski definition) is 4. The van der Waals surface area contributed by atoms with Gasteiger partial charge in [-0.2, -0.15) is 0 Å². The second kappa shape index (κ2) is 7.46. The van der Waals surface area contributed by atoms with Crippen molar-refractivity contribution in [2.45, 2.75) is 25.7 Å². The molecule has 1 fully saturated rings. The molecule has 1 aromatic heterocycles. The summed E-state index contributed by atoms with van der Waals surface area (Å²) in [5.41, 5.74) is 2.57. The molecule has 2 aromatic rings. The van der Waals surface area contributed by atoms with Crippen LogP contribution in [0.15, 0.2) is 42.6 Å². The zero-order valence-corrected chi connectivity index (χ0v) is 15.4. The molecule has 26 heavy (non-hydrogen) atoms. The molecule has 4 rings (SSSR count). The van der Waals surface area contributed by atoms with Crippen molar-refractivity contribution < 1.29 is 4.79 Å². The maximum atomic E-state index is 12.9. The molecule has 2 aliphatic rings. The SMILES string of the molecule is CN1C(=O)c2ccccc2N(CCCN2CCCCC2)c2ncccc21. The number of anilines is 3. The molecule has 5 heteroatoms. The summed E-state index contributed by atoms with van der Waals surface area (Å²) in [6.45, 7) is 4.39. The highest BCUT2D eigenvalue weighted by molar-refractivity contribution is 6.13. The van der Waals surface area contributed by atoms with Gasteiger partial charge in [-0.05, 0) is 63.2 Å². The van der Waals surface area contributed by atoms with Crippen molar-refractivity contribution in [3.8, 4) is 0 Å². The van der Waals surface area contributed by atoms with E-state index in [0.29, 0.717) is 0 Å². The van der Waals surface area contributed by atoms with Crippen LogP contribution in [0.2, 0.25) is 0 Å². The molecule has 0 aliphatic carbocycles. The maximum absolute atomic E-state index is 12.9. The molecule has 0 radical (unpaired) electrons. The number of carbonyl (C=O) groups excluding carboxylic acids is 1. The van der Waals surface area contributed by atoms with Crippen molar-refractivity contribution in [2.75, 3.05) is 43.0 Å². The summed E-state index contributed by atoms with van der Waals surface area (Å²) in [4.78, 5) is 24.0. The van der Waals surface area contributed by atoms with E-state index < -0.39 is 0 Å². The van der Waals surface area contributed by atoms with Crippen LogP contribution >= 0.6 is 0 Å². The summed E-state index contributed by atoms with van der Waals surface area (Å²) in [6, 6.07) is 11.7. The lowest BCUT2D eigenvalue weighted by atomic mass is 10.1. The Kier molecular flexibility index (Phi) is 4.89. The summed E-state index contributed by atoms with van der Waals surface area (Å²) < 4.78 is 0. The number of likely N-dealkylation sites (tertiary alicyclic amines) is 1. The summed E-state index contributed by atoms with van der Waals surface area (Å²) in [5.74, 6) is 0.889. The summed E-state index contributed by atoms with van der Waals surface area (Å²) in [5, 5.41) is 0. The van der Waals surface area contributed by atoms with Gasteiger partial charge in [0.05, 0.1) is 16.9 Å². The number of rotatable bonds is 4. The van der Waals surface area contributed by atoms with E-state index in [0.717, 1.165) is 42.3 Å². The Bertz CT molecular complexity index is 785. The van der Waals surface area contributed by atoms with Crippen LogP contribution in [0.4, 0.5) is 17.2 Å². The van der Waals surface area contributed by atoms with E-state index in [2.05, 4.69) is 14.8 Å². The molecule has 0 spiro atoms. The fourth-order valence-corrected chi connectivity index (χ4v) is 4.01. The van der Waals surface area contributed by atoms with Gasteiger partial charge in [0.25, 0.3) is 5.91 Å². The number of fused-ring (bicyclic) bond motifs is 2. The number of carbonyl (C=O) groups is 1. The zero-order chi connectivity index (χ0) is 17.9. The predicted octanol–water partition coefficient (Wildman–Crippen LogP) is 3.69. The van der Waals surface area contributed by atoms with Gasteiger partial charge in [-0.1, -0.05) is 18.6 Å². The van der Waals surface area contributed by atoms with Gasteiger partial charge in [-0.15, -0.1) is 0 Å². The molecule has 1 amide bonds. The van der Waals surface area contributed by atoms with E-state index in [1.807, 2.05) is 49.6 Å². The van der Waals surface area contributed by atoms with E-state index in [9.17, 15) is 4.79 Å². The van der Waals surface area contributed by atoms with Gasteiger partial charge in [-0.3, -0.25) is 4.79 Å². The first-order valence-corrected chi connectivity index (χ1v) is 9.58. The van der Waals surface area contributed by atoms with Crippen molar-refractivity contribution in [2.24, 2.45) is 0 Å². The molecule has 1 saturated heterocycles.